The summed E-state index contributed by atoms with van der Waals surface area (Å²) in [6, 6.07) is 14.0. The molecule has 55 heavy (non-hydrogen) atoms. The fraction of sp³-hybridized carbons (Fsp3) is 0.395. The van der Waals surface area contributed by atoms with Gasteiger partial charge in [-0.1, -0.05) is 6.07 Å². The van der Waals surface area contributed by atoms with Crippen LogP contribution < -0.4 is 22.7 Å². The van der Waals surface area contributed by atoms with Crippen molar-refractivity contribution in [2.24, 2.45) is 35.5 Å². The summed E-state index contributed by atoms with van der Waals surface area (Å²) < 4.78 is 16.7. The van der Waals surface area contributed by atoms with E-state index in [1.807, 2.05) is 54.5 Å². The number of hydrogen-bond donors (Lipinski definition) is 3. The van der Waals surface area contributed by atoms with E-state index < -0.39 is 23.9 Å². The molecule has 4 heterocycles. The Balaban J connectivity index is 1.36. The van der Waals surface area contributed by atoms with Gasteiger partial charge in [-0.3, -0.25) is 23.7 Å². The van der Waals surface area contributed by atoms with Crippen molar-refractivity contribution in [1.29, 1.82) is 0 Å². The number of aliphatic hydroxyl groups excluding tert-OH is 1. The van der Waals surface area contributed by atoms with Gasteiger partial charge in [-0.2, -0.15) is 20.2 Å². The summed E-state index contributed by atoms with van der Waals surface area (Å²) in [5.41, 5.74) is 18.2. The van der Waals surface area contributed by atoms with Crippen molar-refractivity contribution in [1.82, 2.24) is 37.8 Å². The fourth-order valence-corrected chi connectivity index (χ4v) is 7.04. The molecule has 0 aliphatic carbocycles. The Morgan fingerprint density at radius 3 is 1.67 bits per heavy atom. The van der Waals surface area contributed by atoms with Crippen LogP contribution in [-0.4, -0.2) is 73.9 Å². The second kappa shape index (κ2) is 15.8. The van der Waals surface area contributed by atoms with Crippen LogP contribution in [-0.2, 0) is 45.0 Å². The minimum Gasteiger partial charge on any atom is -0.381 e. The molecule has 6 rings (SSSR count). The molecule has 0 fully saturated rings. The van der Waals surface area contributed by atoms with E-state index in [9.17, 15) is 19.5 Å². The molecule has 5 N–H and O–H groups in total. The van der Waals surface area contributed by atoms with Crippen LogP contribution >= 0.6 is 0 Å². The highest BCUT2D eigenvalue weighted by Crippen LogP contribution is 2.21. The average Bonchev–Trinajstić information content (AvgIpc) is 3.89. The number of nitrogens with zero attached hydrogens (tertiary/aromatic N) is 10. The number of imidazole rings is 2. The Labute approximate surface area is 316 Å². The average molecular weight is 753 g/mol. The number of fused-ring (bicyclic) bond motifs is 2. The largest absolute Gasteiger partial charge is 0.381 e. The molecule has 17 nitrogen and oxygen atoms in total. The van der Waals surface area contributed by atoms with Gasteiger partial charge in [0.25, 0.3) is 11.8 Å². The zero-order chi connectivity index (χ0) is 39.7. The Bertz CT molecular complexity index is 2570. The number of methoxy groups -OCH3 is 1. The maximum atomic E-state index is 13.6. The van der Waals surface area contributed by atoms with Crippen LogP contribution in [0.2, 0.25) is 0 Å². The van der Waals surface area contributed by atoms with Gasteiger partial charge in [0.2, 0.25) is 17.1 Å². The Kier molecular flexibility index (Phi) is 11.2. The van der Waals surface area contributed by atoms with Gasteiger partial charge < -0.3 is 39.6 Å². The molecule has 0 saturated heterocycles. The minimum atomic E-state index is -1.17. The minimum absolute atomic E-state index is 0.277. The first-order valence-electron chi connectivity index (χ1n) is 18.2. The monoisotopic (exact) mass is 752 g/mol. The lowest BCUT2D eigenvalue weighted by Crippen LogP contribution is -2.30. The van der Waals surface area contributed by atoms with E-state index in [1.54, 1.807) is 70.6 Å². The van der Waals surface area contributed by atoms with Gasteiger partial charge in [0.1, 0.15) is 17.6 Å². The number of amides is 3. The van der Waals surface area contributed by atoms with Crippen LogP contribution in [0.4, 0.5) is 0 Å². The van der Waals surface area contributed by atoms with E-state index in [2.05, 4.69) is 20.2 Å². The van der Waals surface area contributed by atoms with Gasteiger partial charge in [0.15, 0.2) is 0 Å². The summed E-state index contributed by atoms with van der Waals surface area (Å²) in [5, 5.41) is 19.0. The molecular weight excluding hydrogens is 704 g/mol. The van der Waals surface area contributed by atoms with Crippen molar-refractivity contribution in [3.05, 3.63) is 93.7 Å². The number of rotatable bonds is 13. The molecule has 2 atom stereocenters. The fourth-order valence-electron chi connectivity index (χ4n) is 7.04. The lowest BCUT2D eigenvalue weighted by Gasteiger charge is -2.17. The van der Waals surface area contributed by atoms with Crippen molar-refractivity contribution >= 4 is 39.8 Å². The summed E-state index contributed by atoms with van der Waals surface area (Å²) >= 11 is 0. The highest BCUT2D eigenvalue weighted by molar-refractivity contribution is 5.97. The number of aromatic nitrogens is 8. The number of primary amides is 1. The SMILES string of the molecule is CCn1nc(C)cc1C(=O)N=c1n(C)c2cc(C(N)=O)ccc2n1CCC(CCn1c(=NC(=O)c2cc(C)nn2CC)n(C)c2cc(C(N)O)ccc21)OC. The molecule has 4 aromatic heterocycles. The van der Waals surface area contributed by atoms with Crippen molar-refractivity contribution in [3.8, 4) is 0 Å². The first kappa shape index (κ1) is 38.8. The summed E-state index contributed by atoms with van der Waals surface area (Å²) in [5.74, 6) is -1.44. The second-order valence-corrected chi connectivity index (χ2v) is 13.5. The van der Waals surface area contributed by atoms with Crippen LogP contribution in [0.25, 0.3) is 22.1 Å². The first-order valence-corrected chi connectivity index (χ1v) is 18.2. The number of ether oxygens (including phenoxy) is 1. The number of aliphatic hydroxyl groups is 1. The van der Waals surface area contributed by atoms with Crippen LogP contribution in [0.3, 0.4) is 0 Å². The van der Waals surface area contributed by atoms with Crippen molar-refractivity contribution in [2.45, 2.75) is 79.0 Å². The molecule has 3 amide bonds. The van der Waals surface area contributed by atoms with Crippen molar-refractivity contribution in [3.63, 3.8) is 0 Å². The van der Waals surface area contributed by atoms with E-state index in [0.717, 1.165) is 22.2 Å². The Morgan fingerprint density at radius 1 is 0.764 bits per heavy atom. The molecule has 2 aromatic carbocycles. The summed E-state index contributed by atoms with van der Waals surface area (Å²) in [4.78, 5) is 48.5. The molecule has 0 saturated carbocycles. The number of nitrogens with two attached hydrogens (primary N) is 2. The summed E-state index contributed by atoms with van der Waals surface area (Å²) in [6.45, 7) is 9.34. The van der Waals surface area contributed by atoms with Crippen LogP contribution in [0.1, 0.15) is 81.2 Å². The van der Waals surface area contributed by atoms with E-state index in [0.29, 0.717) is 84.0 Å². The van der Waals surface area contributed by atoms with Gasteiger partial charge in [0, 0.05) is 52.9 Å². The normalized spacial score (nSPS) is 13.7. The standard InChI is InChI=1S/C38H48N12O5/c1-8-49-31(18-22(3)43-49)35(53)41-37-45(5)29-20-24(33(39)51)10-12-27(29)47(37)16-14-26(55-7)15-17-48-28-13-11-25(34(40)52)21-30(28)46(6)38(48)42-36(54)32-19-23(4)44-50(32)9-2/h10-13,18-21,26,33,51H,8-9,14-17,39H2,1-7H3,(H2,40,52). The van der Waals surface area contributed by atoms with Crippen LogP contribution in [0.5, 0.6) is 0 Å². The first-order chi connectivity index (χ1) is 26.3. The quantitative estimate of drug-likeness (QED) is 0.149. The van der Waals surface area contributed by atoms with Gasteiger partial charge in [-0.05, 0) is 88.6 Å². The topological polar surface area (TPSA) is 213 Å². The predicted octanol–water partition coefficient (Wildman–Crippen LogP) is 2.35. The van der Waals surface area contributed by atoms with E-state index in [4.69, 9.17) is 16.2 Å². The molecular formula is C38H48N12O5. The third-order valence-electron chi connectivity index (χ3n) is 9.92. The van der Waals surface area contributed by atoms with E-state index in [-0.39, 0.29) is 6.10 Å². The van der Waals surface area contributed by atoms with E-state index in [1.165, 1.54) is 0 Å². The molecule has 0 aliphatic rings. The Hall–Kier alpha value is -5.91. The van der Waals surface area contributed by atoms with Gasteiger partial charge in [-0.15, -0.1) is 0 Å². The highest BCUT2D eigenvalue weighted by Gasteiger charge is 2.20. The summed E-state index contributed by atoms with van der Waals surface area (Å²) in [6.07, 6.45) is -0.397. The third-order valence-corrected chi connectivity index (χ3v) is 9.92. The number of carbonyl (C=O) groups excluding carboxylic acids is 3. The maximum Gasteiger partial charge on any atom is 0.298 e. The molecule has 0 bridgehead atoms. The molecule has 6 aromatic rings. The summed E-state index contributed by atoms with van der Waals surface area (Å²) in [7, 11) is 5.25. The Morgan fingerprint density at radius 2 is 1.24 bits per heavy atom. The van der Waals surface area contributed by atoms with Crippen LogP contribution in [0.15, 0.2) is 58.5 Å². The number of carbonyl (C=O) groups is 3. The van der Waals surface area contributed by atoms with Crippen molar-refractivity contribution < 1.29 is 24.2 Å². The molecule has 17 heteroatoms. The molecule has 0 aliphatic heterocycles. The lowest BCUT2D eigenvalue weighted by atomic mass is 10.1. The van der Waals surface area contributed by atoms with Gasteiger partial charge in [0.05, 0.1) is 39.6 Å². The third kappa shape index (κ3) is 7.58. The molecule has 0 spiro atoms. The van der Waals surface area contributed by atoms with Crippen molar-refractivity contribution in [2.75, 3.05) is 7.11 Å². The zero-order valence-electron chi connectivity index (χ0n) is 32.2. The highest BCUT2D eigenvalue weighted by atomic mass is 16.5. The lowest BCUT2D eigenvalue weighted by molar-refractivity contribution is 0.0801. The zero-order valence-corrected chi connectivity index (χ0v) is 32.2. The number of benzene rings is 2. The molecule has 2 unspecified atom stereocenters. The number of aryl methyl sites for hydroxylation is 8. The molecule has 290 valence electrons. The van der Waals surface area contributed by atoms with Gasteiger partial charge in [-0.25, -0.2) is 0 Å². The second-order valence-electron chi connectivity index (χ2n) is 13.5. The number of hydrogen-bond acceptors (Lipinski definition) is 8. The van der Waals surface area contributed by atoms with E-state index >= 15 is 0 Å². The smallest absolute Gasteiger partial charge is 0.298 e. The maximum absolute atomic E-state index is 13.6. The molecule has 0 radical (unpaired) electrons. The van der Waals surface area contributed by atoms with Crippen LogP contribution in [0, 0.1) is 13.8 Å². The van der Waals surface area contributed by atoms with Gasteiger partial charge >= 0.3 is 0 Å². The predicted molar refractivity (Wildman–Crippen MR) is 205 cm³/mol.